The van der Waals surface area contributed by atoms with Crippen molar-refractivity contribution in [3.05, 3.63) is 52.6 Å². The van der Waals surface area contributed by atoms with Crippen molar-refractivity contribution >= 4 is 17.3 Å². The Bertz CT molecular complexity index is 1210. The number of hydrogen-bond donors (Lipinski definition) is 5. The van der Waals surface area contributed by atoms with Gasteiger partial charge in [-0.15, -0.1) is 0 Å². The number of rotatable bonds is 2. The van der Waals surface area contributed by atoms with Gasteiger partial charge in [0.15, 0.2) is 23.5 Å². The number of fused-ring (bicyclic) bond motifs is 3. The first-order chi connectivity index (χ1) is 16.3. The topological polar surface area (TPSA) is 171 Å². The van der Waals surface area contributed by atoms with E-state index in [1.807, 2.05) is 0 Å². The first-order valence-corrected chi connectivity index (χ1v) is 11.4. The van der Waals surface area contributed by atoms with Gasteiger partial charge in [0.2, 0.25) is 5.78 Å². The smallest absolute Gasteiger partial charge is 0.204 e. The van der Waals surface area contributed by atoms with E-state index >= 15 is 0 Å². The number of allylic oxidation sites excluding steroid dienone is 2. The molecule has 186 valence electrons. The van der Waals surface area contributed by atoms with Crippen molar-refractivity contribution in [1.29, 1.82) is 0 Å². The maximum absolute atomic E-state index is 13.8. The lowest BCUT2D eigenvalue weighted by molar-refractivity contribution is -0.289. The lowest BCUT2D eigenvalue weighted by Gasteiger charge is -2.56. The third kappa shape index (κ3) is 3.15. The Balaban J connectivity index is 1.74. The highest BCUT2D eigenvalue weighted by atomic mass is 16.7. The van der Waals surface area contributed by atoms with Crippen LogP contribution in [0.4, 0.5) is 0 Å². The predicted molar refractivity (Wildman–Crippen MR) is 118 cm³/mol. The summed E-state index contributed by atoms with van der Waals surface area (Å²) in [6, 6.07) is 3.92. The largest absolute Gasteiger partial charge is 0.507 e. The van der Waals surface area contributed by atoms with E-state index in [4.69, 9.17) is 9.47 Å². The van der Waals surface area contributed by atoms with Crippen molar-refractivity contribution in [2.75, 3.05) is 0 Å². The second-order valence-corrected chi connectivity index (χ2v) is 9.92. The van der Waals surface area contributed by atoms with Crippen LogP contribution in [0, 0.1) is 0 Å². The first kappa shape index (κ1) is 24.0. The molecule has 0 bridgehead atoms. The molecule has 10 heteroatoms. The van der Waals surface area contributed by atoms with Crippen molar-refractivity contribution in [3.63, 3.8) is 0 Å². The van der Waals surface area contributed by atoms with Gasteiger partial charge in [0.1, 0.15) is 17.5 Å². The normalized spacial score (nSPS) is 40.9. The molecule has 2 fully saturated rings. The molecule has 7 atom stereocenters. The fourth-order valence-electron chi connectivity index (χ4n) is 5.62. The van der Waals surface area contributed by atoms with Crippen LogP contribution in [0.5, 0.6) is 5.75 Å². The van der Waals surface area contributed by atoms with E-state index in [-0.39, 0.29) is 29.5 Å². The molecule has 1 aromatic carbocycles. The maximum atomic E-state index is 13.8. The first-order valence-electron chi connectivity index (χ1n) is 11.4. The Hall–Kier alpha value is -2.73. The zero-order chi connectivity index (χ0) is 25.5. The average molecular weight is 486 g/mol. The lowest BCUT2D eigenvalue weighted by atomic mass is 9.56. The summed E-state index contributed by atoms with van der Waals surface area (Å²) in [5.41, 5.74) is -8.21. The monoisotopic (exact) mass is 486 g/mol. The lowest BCUT2D eigenvalue weighted by Crippen LogP contribution is -2.75. The Morgan fingerprint density at radius 2 is 1.80 bits per heavy atom. The van der Waals surface area contributed by atoms with Gasteiger partial charge in [0, 0.05) is 24.0 Å². The van der Waals surface area contributed by atoms with Gasteiger partial charge < -0.3 is 35.0 Å². The van der Waals surface area contributed by atoms with Gasteiger partial charge >= 0.3 is 0 Å². The SMILES string of the molecule is CC1OC(O[C@@]23C(=O)[C@@H](O)[C@](C)(O)C[C@]2(O)C=CC2=C3C(=O)c3cccc(O)c3C2=O)CCC1O. The Kier molecular flexibility index (Phi) is 5.23. The van der Waals surface area contributed by atoms with Gasteiger partial charge in [-0.05, 0) is 32.4 Å². The minimum absolute atomic E-state index is 0.0922. The number of benzene rings is 1. The number of aromatic hydroxyl groups is 1. The number of phenolic OH excluding ortho intramolecular Hbond substituents is 1. The summed E-state index contributed by atoms with van der Waals surface area (Å²) >= 11 is 0. The van der Waals surface area contributed by atoms with Crippen molar-refractivity contribution in [3.8, 4) is 5.75 Å². The van der Waals surface area contributed by atoms with E-state index in [0.29, 0.717) is 0 Å². The minimum Gasteiger partial charge on any atom is -0.507 e. The number of hydrogen-bond acceptors (Lipinski definition) is 10. The van der Waals surface area contributed by atoms with Crippen molar-refractivity contribution < 1.29 is 49.4 Å². The van der Waals surface area contributed by atoms with Crippen LogP contribution in [-0.4, -0.2) is 84.3 Å². The highest BCUT2D eigenvalue weighted by molar-refractivity contribution is 6.32. The number of carbonyl (C=O) groups excluding carboxylic acids is 3. The molecule has 1 saturated carbocycles. The molecule has 3 aliphatic carbocycles. The third-order valence-electron chi connectivity index (χ3n) is 7.47. The van der Waals surface area contributed by atoms with Gasteiger partial charge in [-0.1, -0.05) is 18.2 Å². The van der Waals surface area contributed by atoms with Gasteiger partial charge in [-0.3, -0.25) is 14.4 Å². The summed E-state index contributed by atoms with van der Waals surface area (Å²) in [6.07, 6.45) is -2.75. The van der Waals surface area contributed by atoms with Crippen LogP contribution in [0.1, 0.15) is 53.8 Å². The molecule has 1 saturated heterocycles. The maximum Gasteiger partial charge on any atom is 0.204 e. The van der Waals surface area contributed by atoms with Crippen LogP contribution in [0.2, 0.25) is 0 Å². The molecule has 3 unspecified atom stereocenters. The molecule has 0 aromatic heterocycles. The third-order valence-corrected chi connectivity index (χ3v) is 7.47. The van der Waals surface area contributed by atoms with Crippen LogP contribution in [-0.2, 0) is 14.3 Å². The molecule has 1 aliphatic heterocycles. The molecular formula is C25H26O10. The number of ketones is 3. The summed E-state index contributed by atoms with van der Waals surface area (Å²) in [5, 5.41) is 53.6. The minimum atomic E-state index is -2.60. The standard InChI is InChI=1S/C25H26O10/c1-11-14(26)6-7-16(34-11)35-25-18-13(19(28)17-12(20(18)29)4-3-5-15(17)27)8-9-24(25,33)10-23(2,32)21(30)22(25)31/h3-5,8-9,11,14,16,21,26-27,30,32-33H,6-7,10H2,1-2H3/t11?,14?,16?,21-,23-,24-,25+/m1/s1. The van der Waals surface area contributed by atoms with Crippen LogP contribution >= 0.6 is 0 Å². The van der Waals surface area contributed by atoms with Crippen LogP contribution in [0.25, 0.3) is 0 Å². The Morgan fingerprint density at radius 3 is 2.49 bits per heavy atom. The molecule has 5 N–H and O–H groups in total. The zero-order valence-corrected chi connectivity index (χ0v) is 19.1. The fourth-order valence-corrected chi connectivity index (χ4v) is 5.62. The molecule has 0 radical (unpaired) electrons. The fraction of sp³-hybridized carbons (Fsp3) is 0.480. The van der Waals surface area contributed by atoms with E-state index in [2.05, 4.69) is 0 Å². The Morgan fingerprint density at radius 1 is 1.09 bits per heavy atom. The van der Waals surface area contributed by atoms with E-state index < -0.39 is 76.5 Å². The van der Waals surface area contributed by atoms with Crippen molar-refractivity contribution in [1.82, 2.24) is 0 Å². The number of ether oxygens (including phenoxy) is 2. The average Bonchev–Trinajstić information content (AvgIpc) is 2.79. The number of aliphatic hydroxyl groups is 4. The molecule has 35 heavy (non-hydrogen) atoms. The number of Topliss-reactive ketones (excluding diaryl/α,β-unsaturated/α-hetero) is 3. The summed E-state index contributed by atoms with van der Waals surface area (Å²) in [5.74, 6) is -3.24. The number of carbonyl (C=O) groups is 3. The van der Waals surface area contributed by atoms with E-state index in [1.165, 1.54) is 31.2 Å². The molecule has 0 amide bonds. The summed E-state index contributed by atoms with van der Waals surface area (Å²) in [4.78, 5) is 41.0. The van der Waals surface area contributed by atoms with Crippen LogP contribution in [0.3, 0.4) is 0 Å². The predicted octanol–water partition coefficient (Wildman–Crippen LogP) is 0.0947. The van der Waals surface area contributed by atoms with Gasteiger partial charge in [0.25, 0.3) is 0 Å². The summed E-state index contributed by atoms with van der Waals surface area (Å²) in [6.45, 7) is 2.76. The highest BCUT2D eigenvalue weighted by Crippen LogP contribution is 2.54. The van der Waals surface area contributed by atoms with Crippen molar-refractivity contribution in [2.45, 2.75) is 74.5 Å². The Labute approximate surface area is 200 Å². The summed E-state index contributed by atoms with van der Waals surface area (Å²) in [7, 11) is 0. The van der Waals surface area contributed by atoms with Gasteiger partial charge in [-0.2, -0.15) is 0 Å². The summed E-state index contributed by atoms with van der Waals surface area (Å²) < 4.78 is 11.8. The highest BCUT2D eigenvalue weighted by Gasteiger charge is 2.71. The van der Waals surface area contributed by atoms with Crippen LogP contribution in [0.15, 0.2) is 41.5 Å². The van der Waals surface area contributed by atoms with Crippen LogP contribution < -0.4 is 0 Å². The van der Waals surface area contributed by atoms with E-state index in [1.54, 1.807) is 6.92 Å². The molecule has 1 aromatic rings. The molecule has 4 aliphatic rings. The van der Waals surface area contributed by atoms with E-state index in [0.717, 1.165) is 6.08 Å². The molecule has 10 nitrogen and oxygen atoms in total. The van der Waals surface area contributed by atoms with E-state index in [9.17, 15) is 39.9 Å². The van der Waals surface area contributed by atoms with Gasteiger partial charge in [0.05, 0.1) is 28.9 Å². The molecule has 5 rings (SSSR count). The molecular weight excluding hydrogens is 460 g/mol. The molecule has 0 spiro atoms. The second kappa shape index (κ2) is 7.63. The van der Waals surface area contributed by atoms with Gasteiger partial charge in [-0.25, -0.2) is 0 Å². The number of aliphatic hydroxyl groups excluding tert-OH is 2. The quantitative estimate of drug-likeness (QED) is 0.386. The molecule has 1 heterocycles. The second-order valence-electron chi connectivity index (χ2n) is 9.92. The number of phenols is 1. The zero-order valence-electron chi connectivity index (χ0n) is 19.1. The van der Waals surface area contributed by atoms with Crippen molar-refractivity contribution in [2.24, 2.45) is 0 Å².